The van der Waals surface area contributed by atoms with E-state index in [9.17, 15) is 0 Å². The zero-order valence-electron chi connectivity index (χ0n) is 13.8. The second-order valence-electron chi connectivity index (χ2n) is 5.94. The van der Waals surface area contributed by atoms with Gasteiger partial charge in [0.05, 0.1) is 0 Å². The molecule has 2 heterocycles. The van der Waals surface area contributed by atoms with Gasteiger partial charge in [-0.15, -0.1) is 0 Å². The topological polar surface area (TPSA) is 25.4 Å². The molecule has 0 saturated carbocycles. The van der Waals surface area contributed by atoms with Crippen LogP contribution in [0.15, 0.2) is 54.7 Å². The number of benzene rings is 1. The quantitative estimate of drug-likeness (QED) is 0.722. The molecule has 3 atom stereocenters. The van der Waals surface area contributed by atoms with Crippen molar-refractivity contribution in [2.75, 3.05) is 5.06 Å². The van der Waals surface area contributed by atoms with Crippen LogP contribution in [0.4, 0.5) is 5.82 Å². The SMILES string of the molecule is CCCC[C@@H]1ON(c2ccccn2)[C@H](C)[C@H]1[Se]c1ccccc1. The van der Waals surface area contributed by atoms with Crippen LogP contribution in [0.3, 0.4) is 0 Å². The summed E-state index contributed by atoms with van der Waals surface area (Å²) in [6.45, 7) is 4.52. The molecule has 1 saturated heterocycles. The van der Waals surface area contributed by atoms with Gasteiger partial charge >= 0.3 is 145 Å². The van der Waals surface area contributed by atoms with Gasteiger partial charge in [-0.25, -0.2) is 0 Å². The van der Waals surface area contributed by atoms with Gasteiger partial charge in [0.25, 0.3) is 0 Å². The van der Waals surface area contributed by atoms with E-state index in [1.165, 1.54) is 17.3 Å². The molecule has 1 aromatic carbocycles. The third kappa shape index (κ3) is 3.95. The Morgan fingerprint density at radius 3 is 2.61 bits per heavy atom. The Labute approximate surface area is 145 Å². The van der Waals surface area contributed by atoms with Crippen LogP contribution in [0.5, 0.6) is 0 Å². The maximum absolute atomic E-state index is 6.33. The van der Waals surface area contributed by atoms with Gasteiger partial charge < -0.3 is 0 Å². The number of hydrogen-bond donors (Lipinski definition) is 0. The zero-order valence-corrected chi connectivity index (χ0v) is 15.5. The first kappa shape index (κ1) is 16.5. The monoisotopic (exact) mass is 376 g/mol. The van der Waals surface area contributed by atoms with E-state index in [-0.39, 0.29) is 0 Å². The molecule has 3 rings (SSSR count). The van der Waals surface area contributed by atoms with E-state index >= 15 is 0 Å². The van der Waals surface area contributed by atoms with Crippen molar-refractivity contribution in [3.05, 3.63) is 54.7 Å². The van der Waals surface area contributed by atoms with Crippen molar-refractivity contribution in [1.82, 2.24) is 4.98 Å². The average molecular weight is 375 g/mol. The fourth-order valence-electron chi connectivity index (χ4n) is 2.95. The molecule has 122 valence electrons. The van der Waals surface area contributed by atoms with E-state index in [0.717, 1.165) is 12.2 Å². The zero-order chi connectivity index (χ0) is 16.1. The number of unbranched alkanes of at least 4 members (excludes halogenated alkanes) is 1. The van der Waals surface area contributed by atoms with E-state index in [1.54, 1.807) is 0 Å². The van der Waals surface area contributed by atoms with E-state index in [4.69, 9.17) is 4.84 Å². The first-order valence-corrected chi connectivity index (χ1v) is 10.2. The molecular formula is C19H24N2OSe. The first-order valence-electron chi connectivity index (χ1n) is 8.38. The molecule has 0 spiro atoms. The molecular weight excluding hydrogens is 351 g/mol. The number of hydrogen-bond acceptors (Lipinski definition) is 3. The second kappa shape index (κ2) is 7.96. The molecule has 1 aromatic heterocycles. The van der Waals surface area contributed by atoms with Crippen LogP contribution < -0.4 is 9.53 Å². The molecule has 0 radical (unpaired) electrons. The fraction of sp³-hybridized carbons (Fsp3) is 0.421. The van der Waals surface area contributed by atoms with Crippen LogP contribution in [-0.4, -0.2) is 32.1 Å². The van der Waals surface area contributed by atoms with Crippen LogP contribution in [0.1, 0.15) is 33.1 Å². The number of pyridine rings is 1. The summed E-state index contributed by atoms with van der Waals surface area (Å²) in [6, 6.07) is 17.2. The molecule has 4 heteroatoms. The standard InChI is InChI=1S/C19H24N2OSe/c1-3-4-12-17-19(23-16-10-6-5-7-11-16)15(2)21(22-17)18-13-8-9-14-20-18/h5-11,13-15,17,19H,3-4,12H2,1-2H3/t15-,17+,19-/m1/s1. The number of aromatic nitrogens is 1. The van der Waals surface area contributed by atoms with Crippen molar-refractivity contribution in [2.45, 2.75) is 50.1 Å². The molecule has 1 aliphatic rings. The predicted octanol–water partition coefficient (Wildman–Crippen LogP) is 3.60. The third-order valence-electron chi connectivity index (χ3n) is 4.19. The van der Waals surface area contributed by atoms with Crippen molar-refractivity contribution in [2.24, 2.45) is 0 Å². The molecule has 23 heavy (non-hydrogen) atoms. The Balaban J connectivity index is 1.79. The Hall–Kier alpha value is -1.35. The Morgan fingerprint density at radius 1 is 1.13 bits per heavy atom. The summed E-state index contributed by atoms with van der Waals surface area (Å²) in [5.41, 5.74) is 0. The molecule has 1 fully saturated rings. The maximum atomic E-state index is 6.33. The molecule has 3 nitrogen and oxygen atoms in total. The Kier molecular flexibility index (Phi) is 5.71. The van der Waals surface area contributed by atoms with Crippen molar-refractivity contribution >= 4 is 25.2 Å². The summed E-state index contributed by atoms with van der Waals surface area (Å²) in [6.07, 6.45) is 5.69. The Bertz CT molecular complexity index is 593. The summed E-state index contributed by atoms with van der Waals surface area (Å²) < 4.78 is 1.45. The van der Waals surface area contributed by atoms with Crippen LogP contribution in [-0.2, 0) is 4.84 Å². The normalized spacial score (nSPS) is 24.1. The average Bonchev–Trinajstić information content (AvgIpc) is 2.91. The molecule has 1 aliphatic heterocycles. The van der Waals surface area contributed by atoms with Crippen molar-refractivity contribution in [3.63, 3.8) is 0 Å². The van der Waals surface area contributed by atoms with Gasteiger partial charge in [-0.1, -0.05) is 0 Å². The van der Waals surface area contributed by atoms with Gasteiger partial charge in [0, 0.05) is 0 Å². The van der Waals surface area contributed by atoms with E-state index in [2.05, 4.69) is 49.2 Å². The van der Waals surface area contributed by atoms with Gasteiger partial charge in [-0.2, -0.15) is 0 Å². The fourth-order valence-corrected chi connectivity index (χ4v) is 5.62. The summed E-state index contributed by atoms with van der Waals surface area (Å²) in [5, 5.41) is 2.04. The molecule has 2 aromatic rings. The van der Waals surface area contributed by atoms with Crippen LogP contribution >= 0.6 is 0 Å². The van der Waals surface area contributed by atoms with Crippen LogP contribution in [0, 0.1) is 0 Å². The minimum atomic E-state index is 0.298. The summed E-state index contributed by atoms with van der Waals surface area (Å²) in [4.78, 5) is 11.4. The van der Waals surface area contributed by atoms with E-state index in [0.29, 0.717) is 31.9 Å². The first-order chi connectivity index (χ1) is 11.3. The summed E-state index contributed by atoms with van der Waals surface area (Å²) >= 11 is 0.405. The molecule has 0 N–H and O–H groups in total. The number of hydroxylamine groups is 1. The van der Waals surface area contributed by atoms with Crippen molar-refractivity contribution in [1.29, 1.82) is 0 Å². The number of nitrogens with zero attached hydrogens (tertiary/aromatic N) is 2. The molecule has 0 bridgehead atoms. The second-order valence-corrected chi connectivity index (χ2v) is 8.56. The van der Waals surface area contributed by atoms with Gasteiger partial charge in [-0.05, 0) is 0 Å². The van der Waals surface area contributed by atoms with Crippen LogP contribution in [0.25, 0.3) is 0 Å². The van der Waals surface area contributed by atoms with Gasteiger partial charge in [0.2, 0.25) is 0 Å². The molecule has 0 unspecified atom stereocenters. The predicted molar refractivity (Wildman–Crippen MR) is 96.2 cm³/mol. The summed E-state index contributed by atoms with van der Waals surface area (Å²) in [7, 11) is 0. The van der Waals surface area contributed by atoms with Gasteiger partial charge in [0.1, 0.15) is 0 Å². The number of rotatable bonds is 6. The summed E-state index contributed by atoms with van der Waals surface area (Å²) in [5.74, 6) is 0.924. The Morgan fingerprint density at radius 2 is 1.91 bits per heavy atom. The van der Waals surface area contributed by atoms with Crippen LogP contribution in [0.2, 0.25) is 4.82 Å². The van der Waals surface area contributed by atoms with Crippen molar-refractivity contribution in [3.8, 4) is 0 Å². The minimum absolute atomic E-state index is 0.298. The van der Waals surface area contributed by atoms with Gasteiger partial charge in [-0.3, -0.25) is 0 Å². The molecule has 0 amide bonds. The van der Waals surface area contributed by atoms with E-state index < -0.39 is 0 Å². The molecule has 0 aliphatic carbocycles. The third-order valence-corrected chi connectivity index (χ3v) is 7.37. The van der Waals surface area contributed by atoms with Gasteiger partial charge in [0.15, 0.2) is 0 Å². The van der Waals surface area contributed by atoms with E-state index in [1.807, 2.05) is 29.5 Å². The number of anilines is 1. The van der Waals surface area contributed by atoms with Crippen molar-refractivity contribution < 1.29 is 4.84 Å².